The van der Waals surface area contributed by atoms with E-state index in [1.54, 1.807) is 36.6 Å². The number of nitrogens with zero attached hydrogens (tertiary/aromatic N) is 3. The Morgan fingerprint density at radius 3 is 2.81 bits per heavy atom. The number of benzene rings is 1. The molecular weight excluding hydrogens is 355 g/mol. The van der Waals surface area contributed by atoms with Gasteiger partial charge in [-0.05, 0) is 29.8 Å². The van der Waals surface area contributed by atoms with E-state index in [0.717, 1.165) is 5.56 Å². The van der Waals surface area contributed by atoms with E-state index in [2.05, 4.69) is 22.1 Å². The molecule has 0 aliphatic rings. The molecule has 0 saturated carbocycles. The third-order valence-electron chi connectivity index (χ3n) is 3.51. The predicted octanol–water partition coefficient (Wildman–Crippen LogP) is 3.27. The SMILES string of the molecule is C=CCn1c(SCC(=O)NCc2ccc(F)cc2)nnc1-c1ccco1. The van der Waals surface area contributed by atoms with Gasteiger partial charge in [-0.15, -0.1) is 16.8 Å². The molecule has 1 aromatic carbocycles. The van der Waals surface area contributed by atoms with Crippen LogP contribution in [0.5, 0.6) is 0 Å². The van der Waals surface area contributed by atoms with Crippen LogP contribution in [0.4, 0.5) is 4.39 Å². The molecule has 0 spiro atoms. The van der Waals surface area contributed by atoms with Crippen molar-refractivity contribution in [1.82, 2.24) is 20.1 Å². The molecule has 2 heterocycles. The van der Waals surface area contributed by atoms with E-state index in [1.807, 2.05) is 4.57 Å². The fourth-order valence-corrected chi connectivity index (χ4v) is 3.04. The molecule has 2 aromatic heterocycles. The van der Waals surface area contributed by atoms with Gasteiger partial charge < -0.3 is 9.73 Å². The second-order valence-electron chi connectivity index (χ2n) is 5.37. The van der Waals surface area contributed by atoms with Crippen molar-refractivity contribution in [1.29, 1.82) is 0 Å². The Morgan fingerprint density at radius 2 is 2.12 bits per heavy atom. The molecule has 134 valence electrons. The lowest BCUT2D eigenvalue weighted by Gasteiger charge is -2.07. The molecule has 0 radical (unpaired) electrons. The maximum Gasteiger partial charge on any atom is 0.230 e. The number of aromatic nitrogens is 3. The smallest absolute Gasteiger partial charge is 0.230 e. The number of amides is 1. The van der Waals surface area contributed by atoms with Gasteiger partial charge in [-0.25, -0.2) is 4.39 Å². The summed E-state index contributed by atoms with van der Waals surface area (Å²) in [6, 6.07) is 9.58. The van der Waals surface area contributed by atoms with Gasteiger partial charge in [0.1, 0.15) is 5.82 Å². The Balaban J connectivity index is 1.59. The second kappa shape index (κ2) is 8.48. The van der Waals surface area contributed by atoms with E-state index in [9.17, 15) is 9.18 Å². The van der Waals surface area contributed by atoms with Crippen molar-refractivity contribution in [2.45, 2.75) is 18.2 Å². The van der Waals surface area contributed by atoms with Crippen LogP contribution in [0.3, 0.4) is 0 Å². The number of hydrogen-bond acceptors (Lipinski definition) is 5. The van der Waals surface area contributed by atoms with Crippen molar-refractivity contribution in [3.63, 3.8) is 0 Å². The first kappa shape index (κ1) is 17.9. The van der Waals surface area contributed by atoms with Crippen LogP contribution in [0.2, 0.25) is 0 Å². The van der Waals surface area contributed by atoms with Gasteiger partial charge in [-0.2, -0.15) is 0 Å². The van der Waals surface area contributed by atoms with Crippen molar-refractivity contribution >= 4 is 17.7 Å². The van der Waals surface area contributed by atoms with Gasteiger partial charge in [-0.3, -0.25) is 9.36 Å². The van der Waals surface area contributed by atoms with Gasteiger partial charge >= 0.3 is 0 Å². The quantitative estimate of drug-likeness (QED) is 0.485. The fourth-order valence-electron chi connectivity index (χ4n) is 2.26. The monoisotopic (exact) mass is 372 g/mol. The van der Waals surface area contributed by atoms with Crippen molar-refractivity contribution in [2.75, 3.05) is 5.75 Å². The lowest BCUT2D eigenvalue weighted by molar-refractivity contribution is -0.118. The first-order valence-corrected chi connectivity index (χ1v) is 8.88. The number of hydrogen-bond donors (Lipinski definition) is 1. The number of halogens is 1. The first-order valence-electron chi connectivity index (χ1n) is 7.89. The Kier molecular flexibility index (Phi) is 5.85. The summed E-state index contributed by atoms with van der Waals surface area (Å²) in [7, 11) is 0. The number of rotatable bonds is 8. The summed E-state index contributed by atoms with van der Waals surface area (Å²) < 4.78 is 20.1. The van der Waals surface area contributed by atoms with Crippen molar-refractivity contribution in [2.24, 2.45) is 0 Å². The normalized spacial score (nSPS) is 10.7. The fraction of sp³-hybridized carbons (Fsp3) is 0.167. The Hall–Kier alpha value is -2.87. The Labute approximate surface area is 154 Å². The molecule has 8 heteroatoms. The van der Waals surface area contributed by atoms with Gasteiger partial charge in [-0.1, -0.05) is 30.0 Å². The maximum atomic E-state index is 12.9. The third-order valence-corrected chi connectivity index (χ3v) is 4.47. The van der Waals surface area contributed by atoms with Crippen LogP contribution in [-0.4, -0.2) is 26.4 Å². The van der Waals surface area contributed by atoms with E-state index < -0.39 is 0 Å². The van der Waals surface area contributed by atoms with E-state index >= 15 is 0 Å². The zero-order chi connectivity index (χ0) is 18.4. The highest BCUT2D eigenvalue weighted by molar-refractivity contribution is 7.99. The summed E-state index contributed by atoms with van der Waals surface area (Å²) >= 11 is 1.28. The predicted molar refractivity (Wildman–Crippen MR) is 96.9 cm³/mol. The van der Waals surface area contributed by atoms with Gasteiger partial charge in [0.2, 0.25) is 11.7 Å². The number of carbonyl (C=O) groups is 1. The van der Waals surface area contributed by atoms with Crippen LogP contribution in [-0.2, 0) is 17.9 Å². The standard InChI is InChI=1S/C18H17FN4O2S/c1-2-9-23-17(15-4-3-10-25-15)21-22-18(23)26-12-16(24)20-11-13-5-7-14(19)8-6-13/h2-8,10H,1,9,11-12H2,(H,20,24). The lowest BCUT2D eigenvalue weighted by atomic mass is 10.2. The van der Waals surface area contributed by atoms with Crippen molar-refractivity contribution in [3.8, 4) is 11.6 Å². The molecule has 0 unspecified atom stereocenters. The molecular formula is C18H17FN4O2S. The molecule has 0 bridgehead atoms. The molecule has 26 heavy (non-hydrogen) atoms. The minimum absolute atomic E-state index is 0.146. The topological polar surface area (TPSA) is 73.0 Å². The molecule has 0 aliphatic heterocycles. The highest BCUT2D eigenvalue weighted by atomic mass is 32.2. The first-order chi connectivity index (χ1) is 12.7. The van der Waals surface area contributed by atoms with Crippen LogP contribution in [0, 0.1) is 5.82 Å². The van der Waals surface area contributed by atoms with Crippen LogP contribution in [0.15, 0.2) is 64.9 Å². The zero-order valence-electron chi connectivity index (χ0n) is 13.9. The molecule has 1 N–H and O–H groups in total. The van der Waals surface area contributed by atoms with Crippen LogP contribution in [0.25, 0.3) is 11.6 Å². The molecule has 3 rings (SSSR count). The van der Waals surface area contributed by atoms with Gasteiger partial charge in [0.25, 0.3) is 0 Å². The highest BCUT2D eigenvalue weighted by Gasteiger charge is 2.16. The average molecular weight is 372 g/mol. The summed E-state index contributed by atoms with van der Waals surface area (Å²) in [4.78, 5) is 12.1. The van der Waals surface area contributed by atoms with Gasteiger partial charge in [0, 0.05) is 13.1 Å². The zero-order valence-corrected chi connectivity index (χ0v) is 14.7. The van der Waals surface area contributed by atoms with Crippen molar-refractivity contribution < 1.29 is 13.6 Å². The summed E-state index contributed by atoms with van der Waals surface area (Å²) in [5.41, 5.74) is 0.833. The van der Waals surface area contributed by atoms with E-state index in [-0.39, 0.29) is 17.5 Å². The number of carbonyl (C=O) groups excluding carboxylic acids is 1. The second-order valence-corrected chi connectivity index (χ2v) is 6.32. The molecule has 0 saturated heterocycles. The average Bonchev–Trinajstić information content (AvgIpc) is 3.29. The number of allylic oxidation sites excluding steroid dienone is 1. The largest absolute Gasteiger partial charge is 0.461 e. The maximum absolute atomic E-state index is 12.9. The van der Waals surface area contributed by atoms with Gasteiger partial charge in [0.05, 0.1) is 12.0 Å². The van der Waals surface area contributed by atoms with Crippen molar-refractivity contribution in [3.05, 3.63) is 66.7 Å². The molecule has 0 aliphatic carbocycles. The van der Waals surface area contributed by atoms with E-state index in [4.69, 9.17) is 4.42 Å². The number of nitrogens with one attached hydrogen (secondary N) is 1. The Bertz CT molecular complexity index is 875. The molecule has 3 aromatic rings. The number of thioether (sulfide) groups is 1. The van der Waals surface area contributed by atoms with Gasteiger partial charge in [0.15, 0.2) is 10.9 Å². The summed E-state index contributed by atoms with van der Waals surface area (Å²) in [5, 5.41) is 11.7. The van der Waals surface area contributed by atoms with E-state index in [1.165, 1.54) is 23.9 Å². The Morgan fingerprint density at radius 1 is 1.31 bits per heavy atom. The van der Waals surface area contributed by atoms with Crippen LogP contribution in [0.1, 0.15) is 5.56 Å². The highest BCUT2D eigenvalue weighted by Crippen LogP contribution is 2.24. The minimum Gasteiger partial charge on any atom is -0.461 e. The van der Waals surface area contributed by atoms with Crippen LogP contribution < -0.4 is 5.32 Å². The summed E-state index contributed by atoms with van der Waals surface area (Å²) in [6.45, 7) is 4.59. The lowest BCUT2D eigenvalue weighted by Crippen LogP contribution is -2.24. The third kappa shape index (κ3) is 4.40. The van der Waals surface area contributed by atoms with Crippen LogP contribution >= 0.6 is 11.8 Å². The molecule has 1 amide bonds. The minimum atomic E-state index is -0.301. The molecule has 6 nitrogen and oxygen atoms in total. The number of furan rings is 1. The summed E-state index contributed by atoms with van der Waals surface area (Å²) in [5.74, 6) is 0.932. The molecule has 0 atom stereocenters. The summed E-state index contributed by atoms with van der Waals surface area (Å²) in [6.07, 6.45) is 3.30. The molecule has 0 fully saturated rings. The van der Waals surface area contributed by atoms with E-state index in [0.29, 0.717) is 29.8 Å².